The number of aromatic nitrogens is 3. The highest BCUT2D eigenvalue weighted by Crippen LogP contribution is 2.23. The molecule has 2 N–H and O–H groups in total. The zero-order valence-electron chi connectivity index (χ0n) is 19.7. The molecule has 0 unspecified atom stereocenters. The van der Waals surface area contributed by atoms with Crippen LogP contribution < -0.4 is 10.6 Å². The fraction of sp³-hybridized carbons (Fsp3) is 0.115. The second-order valence-electron chi connectivity index (χ2n) is 7.63. The van der Waals surface area contributed by atoms with Crippen LogP contribution in [0.25, 0.3) is 5.69 Å². The average Bonchev–Trinajstić information content (AvgIpc) is 3.34. The molecule has 2 amide bonds. The van der Waals surface area contributed by atoms with Crippen molar-refractivity contribution >= 4 is 46.8 Å². The lowest BCUT2D eigenvalue weighted by atomic mass is 10.2. The van der Waals surface area contributed by atoms with Gasteiger partial charge in [-0.2, -0.15) is 0 Å². The van der Waals surface area contributed by atoms with Crippen molar-refractivity contribution in [3.05, 3.63) is 101 Å². The molecule has 4 aromatic rings. The number of esters is 1. The quantitative estimate of drug-likeness (QED) is 0.241. The van der Waals surface area contributed by atoms with E-state index in [4.69, 9.17) is 16.3 Å². The molecule has 0 aliphatic heterocycles. The number of benzene rings is 3. The maximum atomic E-state index is 12.7. The molecule has 0 aliphatic carbocycles. The van der Waals surface area contributed by atoms with E-state index in [1.165, 1.54) is 18.9 Å². The van der Waals surface area contributed by atoms with Gasteiger partial charge < -0.3 is 15.4 Å². The van der Waals surface area contributed by atoms with Crippen LogP contribution in [0.1, 0.15) is 26.5 Å². The lowest BCUT2D eigenvalue weighted by Gasteiger charge is -2.12. The van der Waals surface area contributed by atoms with Crippen molar-refractivity contribution in [3.63, 3.8) is 0 Å². The Hall–Kier alpha value is -4.15. The highest BCUT2D eigenvalue weighted by Gasteiger charge is 2.18. The first-order chi connectivity index (χ1) is 18.0. The Balaban J connectivity index is 1.48. The van der Waals surface area contributed by atoms with E-state index >= 15 is 0 Å². The molecule has 1 heterocycles. The number of amides is 2. The molecule has 188 valence electrons. The van der Waals surface area contributed by atoms with Crippen molar-refractivity contribution in [1.82, 2.24) is 20.1 Å². The second-order valence-corrected chi connectivity index (χ2v) is 9.01. The maximum absolute atomic E-state index is 12.7. The third kappa shape index (κ3) is 6.54. The molecule has 0 fully saturated rings. The fourth-order valence-corrected chi connectivity index (χ4v) is 4.30. The van der Waals surface area contributed by atoms with Gasteiger partial charge in [-0.1, -0.05) is 53.7 Å². The van der Waals surface area contributed by atoms with E-state index in [0.717, 1.165) is 5.69 Å². The SMILES string of the molecule is COC(=O)c1ccccc1NC(=O)CSc1nnc(CNC(=O)c2ccc(Cl)cc2)n1-c1ccccc1. The van der Waals surface area contributed by atoms with Crippen LogP contribution in [0.3, 0.4) is 0 Å². The number of nitrogens with one attached hydrogen (secondary N) is 2. The Labute approximate surface area is 222 Å². The van der Waals surface area contributed by atoms with Crippen molar-refractivity contribution in [3.8, 4) is 5.69 Å². The van der Waals surface area contributed by atoms with Gasteiger partial charge in [-0.05, 0) is 48.5 Å². The molecule has 0 bridgehead atoms. The molecule has 0 spiro atoms. The molecule has 0 radical (unpaired) electrons. The van der Waals surface area contributed by atoms with E-state index < -0.39 is 5.97 Å². The monoisotopic (exact) mass is 535 g/mol. The summed E-state index contributed by atoms with van der Waals surface area (Å²) in [6.07, 6.45) is 0. The third-order valence-electron chi connectivity index (χ3n) is 5.17. The molecule has 0 saturated carbocycles. The van der Waals surface area contributed by atoms with Gasteiger partial charge in [0.15, 0.2) is 11.0 Å². The minimum atomic E-state index is -0.544. The number of carbonyl (C=O) groups excluding carboxylic acids is 3. The summed E-state index contributed by atoms with van der Waals surface area (Å²) < 4.78 is 6.56. The summed E-state index contributed by atoms with van der Waals surface area (Å²) in [6, 6.07) is 22.6. The summed E-state index contributed by atoms with van der Waals surface area (Å²) in [6.45, 7) is 0.114. The van der Waals surface area contributed by atoms with Crippen LogP contribution in [0.4, 0.5) is 5.69 Å². The summed E-state index contributed by atoms with van der Waals surface area (Å²) in [4.78, 5) is 37.2. The predicted molar refractivity (Wildman–Crippen MR) is 141 cm³/mol. The standard InChI is InChI=1S/C26H22ClN5O4S/c1-36-25(35)20-9-5-6-10-21(20)29-23(33)16-37-26-31-30-22(32(26)19-7-3-2-4-8-19)15-28-24(34)17-11-13-18(27)14-12-17/h2-14H,15-16H2,1H3,(H,28,34)(H,29,33). The Morgan fingerprint density at radius 1 is 0.946 bits per heavy atom. The highest BCUT2D eigenvalue weighted by atomic mass is 35.5. The molecule has 0 aliphatic rings. The largest absolute Gasteiger partial charge is 0.465 e. The van der Waals surface area contributed by atoms with Gasteiger partial charge in [-0.15, -0.1) is 10.2 Å². The van der Waals surface area contributed by atoms with Crippen molar-refractivity contribution in [2.24, 2.45) is 0 Å². The van der Waals surface area contributed by atoms with Gasteiger partial charge >= 0.3 is 5.97 Å². The van der Waals surface area contributed by atoms with Gasteiger partial charge in [-0.3, -0.25) is 14.2 Å². The number of hydrogen-bond acceptors (Lipinski definition) is 7. The molecule has 11 heteroatoms. The molecule has 0 saturated heterocycles. The van der Waals surface area contributed by atoms with E-state index in [1.54, 1.807) is 53.1 Å². The van der Waals surface area contributed by atoms with Gasteiger partial charge in [0.25, 0.3) is 5.91 Å². The number of nitrogens with zero attached hydrogens (tertiary/aromatic N) is 3. The molecule has 9 nitrogen and oxygen atoms in total. The molecule has 0 atom stereocenters. The minimum Gasteiger partial charge on any atom is -0.465 e. The average molecular weight is 536 g/mol. The van der Waals surface area contributed by atoms with Crippen LogP contribution >= 0.6 is 23.4 Å². The van der Waals surface area contributed by atoms with Crippen molar-refractivity contribution < 1.29 is 19.1 Å². The van der Waals surface area contributed by atoms with E-state index in [-0.39, 0.29) is 29.7 Å². The lowest BCUT2D eigenvalue weighted by molar-refractivity contribution is -0.113. The first kappa shape index (κ1) is 25.9. The normalized spacial score (nSPS) is 10.5. The van der Waals surface area contributed by atoms with E-state index in [1.807, 2.05) is 30.3 Å². The highest BCUT2D eigenvalue weighted by molar-refractivity contribution is 7.99. The summed E-state index contributed by atoms with van der Waals surface area (Å²) in [5, 5.41) is 15.1. The molecular weight excluding hydrogens is 514 g/mol. The van der Waals surface area contributed by atoms with Gasteiger partial charge in [0.05, 0.1) is 30.7 Å². The number of hydrogen-bond donors (Lipinski definition) is 2. The summed E-state index contributed by atoms with van der Waals surface area (Å²) >= 11 is 7.08. The fourth-order valence-electron chi connectivity index (χ4n) is 3.40. The molecule has 1 aromatic heterocycles. The Bertz CT molecular complexity index is 1410. The Kier molecular flexibility index (Phi) is 8.55. The minimum absolute atomic E-state index is 0.0115. The number of halogens is 1. The van der Waals surface area contributed by atoms with E-state index in [2.05, 4.69) is 20.8 Å². The van der Waals surface area contributed by atoms with Crippen molar-refractivity contribution in [1.29, 1.82) is 0 Å². The maximum Gasteiger partial charge on any atom is 0.339 e. The zero-order chi connectivity index (χ0) is 26.2. The number of rotatable bonds is 9. The first-order valence-electron chi connectivity index (χ1n) is 11.1. The first-order valence-corrected chi connectivity index (χ1v) is 12.5. The third-order valence-corrected chi connectivity index (χ3v) is 6.35. The summed E-state index contributed by atoms with van der Waals surface area (Å²) in [5.41, 5.74) is 1.86. The van der Waals surface area contributed by atoms with Crippen molar-refractivity contribution in [2.45, 2.75) is 11.7 Å². The molecule has 37 heavy (non-hydrogen) atoms. The van der Waals surface area contributed by atoms with Gasteiger partial charge in [-0.25, -0.2) is 4.79 Å². The van der Waals surface area contributed by atoms with Crippen LogP contribution in [-0.4, -0.2) is 45.4 Å². The number of para-hydroxylation sites is 2. The second kappa shape index (κ2) is 12.2. The van der Waals surface area contributed by atoms with Crippen LogP contribution in [-0.2, 0) is 16.1 Å². The van der Waals surface area contributed by atoms with Crippen molar-refractivity contribution in [2.75, 3.05) is 18.2 Å². The number of carbonyl (C=O) groups is 3. The summed E-state index contributed by atoms with van der Waals surface area (Å²) in [5.74, 6) is -0.652. The number of anilines is 1. The molecule has 3 aromatic carbocycles. The number of thioether (sulfide) groups is 1. The smallest absolute Gasteiger partial charge is 0.339 e. The van der Waals surface area contributed by atoms with Gasteiger partial charge in [0.2, 0.25) is 5.91 Å². The zero-order valence-corrected chi connectivity index (χ0v) is 21.3. The van der Waals surface area contributed by atoms with E-state index in [0.29, 0.717) is 27.3 Å². The molecular formula is C26H22ClN5O4S. The summed E-state index contributed by atoms with van der Waals surface area (Å²) in [7, 11) is 1.28. The number of ether oxygens (including phenoxy) is 1. The molecule has 4 rings (SSSR count). The van der Waals surface area contributed by atoms with Crippen LogP contribution in [0.2, 0.25) is 5.02 Å². The van der Waals surface area contributed by atoms with Crippen LogP contribution in [0.5, 0.6) is 0 Å². The topological polar surface area (TPSA) is 115 Å². The lowest BCUT2D eigenvalue weighted by Crippen LogP contribution is -2.24. The Morgan fingerprint density at radius 3 is 2.38 bits per heavy atom. The van der Waals surface area contributed by atoms with Crippen LogP contribution in [0.15, 0.2) is 84.0 Å². The Morgan fingerprint density at radius 2 is 1.65 bits per heavy atom. The van der Waals surface area contributed by atoms with Crippen LogP contribution in [0, 0.1) is 0 Å². The van der Waals surface area contributed by atoms with Gasteiger partial charge in [0.1, 0.15) is 0 Å². The predicted octanol–water partition coefficient (Wildman–Crippen LogP) is 4.37. The number of methoxy groups -OCH3 is 1. The van der Waals surface area contributed by atoms with E-state index in [9.17, 15) is 14.4 Å². The van der Waals surface area contributed by atoms with Gasteiger partial charge in [0, 0.05) is 16.3 Å².